The third kappa shape index (κ3) is 2.98. The van der Waals surface area contributed by atoms with Gasteiger partial charge >= 0.3 is 0 Å². The smallest absolute Gasteiger partial charge is 0.0812 e. The summed E-state index contributed by atoms with van der Waals surface area (Å²) in [4.78, 5) is 0. The van der Waals surface area contributed by atoms with Crippen LogP contribution in [0.25, 0.3) is 0 Å². The first-order valence-corrected chi connectivity index (χ1v) is 4.97. The SMILES string of the molecule is COC(C)(CN)Cc1ccc(Cl)cc1. The summed E-state index contributed by atoms with van der Waals surface area (Å²) in [6.45, 7) is 2.51. The minimum atomic E-state index is -0.284. The van der Waals surface area contributed by atoms with Gasteiger partial charge in [-0.2, -0.15) is 0 Å². The minimum absolute atomic E-state index is 0.284. The van der Waals surface area contributed by atoms with E-state index in [1.165, 1.54) is 5.56 Å². The van der Waals surface area contributed by atoms with E-state index in [1.807, 2.05) is 31.2 Å². The normalized spacial score (nSPS) is 15.1. The lowest BCUT2D eigenvalue weighted by atomic mass is 9.96. The van der Waals surface area contributed by atoms with Crippen molar-refractivity contribution in [1.82, 2.24) is 0 Å². The molecule has 0 aliphatic heterocycles. The molecule has 1 unspecified atom stereocenters. The summed E-state index contributed by atoms with van der Waals surface area (Å²) in [6, 6.07) is 7.75. The zero-order valence-electron chi connectivity index (χ0n) is 8.59. The van der Waals surface area contributed by atoms with E-state index in [0.717, 1.165) is 11.4 Å². The summed E-state index contributed by atoms with van der Waals surface area (Å²) in [7, 11) is 1.68. The van der Waals surface area contributed by atoms with Crippen LogP contribution in [0.2, 0.25) is 5.02 Å². The van der Waals surface area contributed by atoms with Crippen molar-refractivity contribution in [2.75, 3.05) is 13.7 Å². The monoisotopic (exact) mass is 213 g/mol. The average molecular weight is 214 g/mol. The number of nitrogens with two attached hydrogens (primary N) is 1. The van der Waals surface area contributed by atoms with Crippen molar-refractivity contribution in [2.24, 2.45) is 5.73 Å². The molecule has 0 heterocycles. The fraction of sp³-hybridized carbons (Fsp3) is 0.455. The largest absolute Gasteiger partial charge is 0.377 e. The van der Waals surface area contributed by atoms with Crippen molar-refractivity contribution < 1.29 is 4.74 Å². The topological polar surface area (TPSA) is 35.2 Å². The highest BCUT2D eigenvalue weighted by atomic mass is 35.5. The summed E-state index contributed by atoms with van der Waals surface area (Å²) in [5, 5.41) is 0.751. The zero-order valence-corrected chi connectivity index (χ0v) is 9.34. The molecule has 0 saturated heterocycles. The van der Waals surface area contributed by atoms with Crippen molar-refractivity contribution in [2.45, 2.75) is 18.9 Å². The molecule has 0 amide bonds. The van der Waals surface area contributed by atoms with Gasteiger partial charge in [-0.1, -0.05) is 23.7 Å². The average Bonchev–Trinajstić information content (AvgIpc) is 2.21. The van der Waals surface area contributed by atoms with Gasteiger partial charge in [-0.25, -0.2) is 0 Å². The molecule has 0 aromatic heterocycles. The van der Waals surface area contributed by atoms with E-state index < -0.39 is 0 Å². The summed E-state index contributed by atoms with van der Waals surface area (Å²) in [6.07, 6.45) is 0.803. The van der Waals surface area contributed by atoms with Gasteiger partial charge in [0.1, 0.15) is 0 Å². The Balaban J connectivity index is 2.72. The van der Waals surface area contributed by atoms with Gasteiger partial charge in [-0.15, -0.1) is 0 Å². The standard InChI is InChI=1S/C11H16ClNO/c1-11(8-13,14-2)7-9-3-5-10(12)6-4-9/h3-6H,7-8,13H2,1-2H3. The molecule has 0 fully saturated rings. The third-order valence-electron chi connectivity index (χ3n) is 2.42. The molecule has 3 heteroatoms. The van der Waals surface area contributed by atoms with E-state index in [2.05, 4.69) is 0 Å². The number of halogens is 1. The van der Waals surface area contributed by atoms with Crippen LogP contribution in [0.1, 0.15) is 12.5 Å². The molecule has 2 N–H and O–H groups in total. The molecule has 2 nitrogen and oxygen atoms in total. The highest BCUT2D eigenvalue weighted by molar-refractivity contribution is 6.30. The predicted molar refractivity (Wildman–Crippen MR) is 59.6 cm³/mol. The number of methoxy groups -OCH3 is 1. The van der Waals surface area contributed by atoms with Crippen LogP contribution in [-0.4, -0.2) is 19.3 Å². The second kappa shape index (κ2) is 4.78. The quantitative estimate of drug-likeness (QED) is 0.833. The molecule has 14 heavy (non-hydrogen) atoms. The molecule has 1 atom stereocenters. The van der Waals surface area contributed by atoms with Gasteiger partial charge in [0, 0.05) is 25.1 Å². The second-order valence-electron chi connectivity index (χ2n) is 3.66. The maximum Gasteiger partial charge on any atom is 0.0812 e. The Morgan fingerprint density at radius 1 is 1.36 bits per heavy atom. The van der Waals surface area contributed by atoms with Crippen LogP contribution in [0, 0.1) is 0 Å². The van der Waals surface area contributed by atoms with Crippen LogP contribution < -0.4 is 5.73 Å². The summed E-state index contributed by atoms with van der Waals surface area (Å²) >= 11 is 5.79. The first-order chi connectivity index (χ1) is 6.59. The molecule has 78 valence electrons. The van der Waals surface area contributed by atoms with Gasteiger partial charge in [-0.3, -0.25) is 0 Å². The first kappa shape index (κ1) is 11.5. The number of rotatable bonds is 4. The van der Waals surface area contributed by atoms with Crippen LogP contribution in [0.5, 0.6) is 0 Å². The molecule has 0 spiro atoms. The third-order valence-corrected chi connectivity index (χ3v) is 2.67. The molecule has 1 rings (SSSR count). The van der Waals surface area contributed by atoms with E-state index in [4.69, 9.17) is 22.1 Å². The van der Waals surface area contributed by atoms with Gasteiger partial charge in [0.2, 0.25) is 0 Å². The van der Waals surface area contributed by atoms with Crippen molar-refractivity contribution in [3.05, 3.63) is 34.9 Å². The Morgan fingerprint density at radius 3 is 2.36 bits per heavy atom. The maximum atomic E-state index is 5.79. The van der Waals surface area contributed by atoms with E-state index >= 15 is 0 Å². The Bertz CT molecular complexity index is 280. The molecule has 0 saturated carbocycles. The summed E-state index contributed by atoms with van der Waals surface area (Å²) in [5.41, 5.74) is 6.54. The Hall–Kier alpha value is -0.570. The van der Waals surface area contributed by atoms with Crippen LogP contribution in [0.4, 0.5) is 0 Å². The van der Waals surface area contributed by atoms with Crippen LogP contribution in [0.3, 0.4) is 0 Å². The van der Waals surface area contributed by atoms with Gasteiger partial charge in [0.25, 0.3) is 0 Å². The van der Waals surface area contributed by atoms with Crippen molar-refractivity contribution >= 4 is 11.6 Å². The van der Waals surface area contributed by atoms with E-state index in [-0.39, 0.29) is 5.60 Å². The Morgan fingerprint density at radius 2 is 1.93 bits per heavy atom. The van der Waals surface area contributed by atoms with Gasteiger partial charge in [0.15, 0.2) is 0 Å². The van der Waals surface area contributed by atoms with Crippen molar-refractivity contribution in [3.8, 4) is 0 Å². The highest BCUT2D eigenvalue weighted by Gasteiger charge is 2.21. The fourth-order valence-corrected chi connectivity index (χ4v) is 1.39. The molecular weight excluding hydrogens is 198 g/mol. The van der Waals surface area contributed by atoms with Crippen LogP contribution >= 0.6 is 11.6 Å². The van der Waals surface area contributed by atoms with Crippen molar-refractivity contribution in [1.29, 1.82) is 0 Å². The molecular formula is C11H16ClNO. The molecule has 0 aliphatic rings. The lowest BCUT2D eigenvalue weighted by Crippen LogP contribution is -2.38. The number of hydrogen-bond acceptors (Lipinski definition) is 2. The highest BCUT2D eigenvalue weighted by Crippen LogP contribution is 2.17. The van der Waals surface area contributed by atoms with Crippen LogP contribution in [-0.2, 0) is 11.2 Å². The predicted octanol–water partition coefficient (Wildman–Crippen LogP) is 2.25. The van der Waals surface area contributed by atoms with E-state index in [0.29, 0.717) is 6.54 Å². The molecule has 1 aromatic rings. The molecule has 1 aromatic carbocycles. The number of hydrogen-bond donors (Lipinski definition) is 1. The summed E-state index contributed by atoms with van der Waals surface area (Å²) < 4.78 is 5.36. The van der Waals surface area contributed by atoms with Gasteiger partial charge in [-0.05, 0) is 24.6 Å². The van der Waals surface area contributed by atoms with Gasteiger partial charge in [0.05, 0.1) is 5.60 Å². The molecule has 0 bridgehead atoms. The minimum Gasteiger partial charge on any atom is -0.377 e. The second-order valence-corrected chi connectivity index (χ2v) is 4.10. The zero-order chi connectivity index (χ0) is 10.6. The lowest BCUT2D eigenvalue weighted by Gasteiger charge is -2.26. The fourth-order valence-electron chi connectivity index (χ4n) is 1.26. The molecule has 0 aliphatic carbocycles. The lowest BCUT2D eigenvalue weighted by molar-refractivity contribution is 0.0143. The van der Waals surface area contributed by atoms with Crippen molar-refractivity contribution in [3.63, 3.8) is 0 Å². The first-order valence-electron chi connectivity index (χ1n) is 4.59. The summed E-state index contributed by atoms with van der Waals surface area (Å²) in [5.74, 6) is 0. The Kier molecular flexibility index (Phi) is 3.93. The molecule has 0 radical (unpaired) electrons. The van der Waals surface area contributed by atoms with E-state index in [9.17, 15) is 0 Å². The van der Waals surface area contributed by atoms with Crippen LogP contribution in [0.15, 0.2) is 24.3 Å². The van der Waals surface area contributed by atoms with Gasteiger partial charge < -0.3 is 10.5 Å². The number of benzene rings is 1. The Labute approximate surface area is 90.0 Å². The number of ether oxygens (including phenoxy) is 1. The maximum absolute atomic E-state index is 5.79. The van der Waals surface area contributed by atoms with E-state index in [1.54, 1.807) is 7.11 Å².